The van der Waals surface area contributed by atoms with Crippen molar-refractivity contribution in [3.05, 3.63) is 76.5 Å². The first-order chi connectivity index (χ1) is 13.0. The maximum absolute atomic E-state index is 12.2. The monoisotopic (exact) mass is 428 g/mol. The lowest BCUT2D eigenvalue weighted by Crippen LogP contribution is -2.44. The molecule has 0 saturated heterocycles. The minimum atomic E-state index is -0.509. The Kier molecular flexibility index (Phi) is 5.87. The van der Waals surface area contributed by atoms with E-state index in [1.807, 2.05) is 37.3 Å². The van der Waals surface area contributed by atoms with E-state index >= 15 is 0 Å². The number of hydrogen-bond donors (Lipinski definition) is 2. The molecule has 0 aliphatic carbocycles. The van der Waals surface area contributed by atoms with Crippen molar-refractivity contribution in [3.8, 4) is 11.4 Å². The van der Waals surface area contributed by atoms with Gasteiger partial charge in [0.2, 0.25) is 0 Å². The molecule has 0 aliphatic heterocycles. The zero-order chi connectivity index (χ0) is 19.2. The molecule has 27 heavy (non-hydrogen) atoms. The summed E-state index contributed by atoms with van der Waals surface area (Å²) < 4.78 is 7.91. The number of aromatic nitrogens is 2. The SMILES string of the molecule is Cc1cc(C(=O)NNC(=O)COc2ccc(Br)cc2)nn1-c1ccccc1. The molecule has 3 rings (SSSR count). The van der Waals surface area contributed by atoms with Crippen LogP contribution in [0.2, 0.25) is 0 Å². The van der Waals surface area contributed by atoms with Crippen molar-refractivity contribution in [2.45, 2.75) is 6.92 Å². The zero-order valence-corrected chi connectivity index (χ0v) is 16.1. The van der Waals surface area contributed by atoms with Crippen molar-refractivity contribution in [3.63, 3.8) is 0 Å². The van der Waals surface area contributed by atoms with Gasteiger partial charge < -0.3 is 4.74 Å². The van der Waals surface area contributed by atoms with E-state index in [1.165, 1.54) is 0 Å². The average molecular weight is 429 g/mol. The fraction of sp³-hybridized carbons (Fsp3) is 0.105. The fourth-order valence-electron chi connectivity index (χ4n) is 2.32. The van der Waals surface area contributed by atoms with Crippen molar-refractivity contribution in [2.24, 2.45) is 0 Å². The second-order valence-electron chi connectivity index (χ2n) is 5.66. The molecule has 0 radical (unpaired) electrons. The summed E-state index contributed by atoms with van der Waals surface area (Å²) in [6.45, 7) is 1.63. The van der Waals surface area contributed by atoms with Crippen LogP contribution in [0.5, 0.6) is 5.75 Å². The van der Waals surface area contributed by atoms with Gasteiger partial charge in [0.15, 0.2) is 12.3 Å². The molecular formula is C19H17BrN4O3. The van der Waals surface area contributed by atoms with Crippen LogP contribution in [-0.4, -0.2) is 28.2 Å². The van der Waals surface area contributed by atoms with Gasteiger partial charge in [0, 0.05) is 10.2 Å². The lowest BCUT2D eigenvalue weighted by Gasteiger charge is -2.08. The average Bonchev–Trinajstić information content (AvgIpc) is 3.08. The first-order valence-corrected chi connectivity index (χ1v) is 8.92. The predicted molar refractivity (Wildman–Crippen MR) is 104 cm³/mol. The van der Waals surface area contributed by atoms with Crippen LogP contribution in [0.25, 0.3) is 5.69 Å². The summed E-state index contributed by atoms with van der Waals surface area (Å²) in [7, 11) is 0. The Bertz CT molecular complexity index is 939. The molecule has 0 fully saturated rings. The van der Waals surface area contributed by atoms with E-state index < -0.39 is 11.8 Å². The number of hydrogen-bond acceptors (Lipinski definition) is 4. The first kappa shape index (κ1) is 18.7. The van der Waals surface area contributed by atoms with Gasteiger partial charge in [-0.3, -0.25) is 20.4 Å². The summed E-state index contributed by atoms with van der Waals surface area (Å²) in [5.74, 6) is -0.438. The van der Waals surface area contributed by atoms with Crippen LogP contribution >= 0.6 is 15.9 Å². The van der Waals surface area contributed by atoms with Crippen molar-refractivity contribution < 1.29 is 14.3 Å². The number of nitrogens with one attached hydrogen (secondary N) is 2. The van der Waals surface area contributed by atoms with Gasteiger partial charge in [-0.2, -0.15) is 5.10 Å². The van der Waals surface area contributed by atoms with Gasteiger partial charge in [-0.05, 0) is 49.4 Å². The lowest BCUT2D eigenvalue weighted by atomic mass is 10.3. The number of nitrogens with zero attached hydrogens (tertiary/aromatic N) is 2. The van der Waals surface area contributed by atoms with Gasteiger partial charge >= 0.3 is 0 Å². The Morgan fingerprint density at radius 1 is 1.07 bits per heavy atom. The van der Waals surface area contributed by atoms with Crippen molar-refractivity contribution in [2.75, 3.05) is 6.61 Å². The molecule has 7 nitrogen and oxygen atoms in total. The van der Waals surface area contributed by atoms with Crippen molar-refractivity contribution >= 4 is 27.7 Å². The smallest absolute Gasteiger partial charge is 0.290 e. The Morgan fingerprint density at radius 3 is 2.48 bits per heavy atom. The number of aryl methyl sites for hydroxylation is 1. The highest BCUT2D eigenvalue weighted by atomic mass is 79.9. The molecule has 0 atom stereocenters. The van der Waals surface area contributed by atoms with Crippen molar-refractivity contribution in [1.82, 2.24) is 20.6 Å². The third-order valence-electron chi connectivity index (χ3n) is 3.62. The van der Waals surface area contributed by atoms with Gasteiger partial charge in [-0.15, -0.1) is 0 Å². The third-order valence-corrected chi connectivity index (χ3v) is 4.15. The van der Waals surface area contributed by atoms with E-state index in [0.717, 1.165) is 15.9 Å². The molecule has 0 spiro atoms. The summed E-state index contributed by atoms with van der Waals surface area (Å²) in [6.07, 6.45) is 0. The second-order valence-corrected chi connectivity index (χ2v) is 6.58. The number of amides is 2. The minimum absolute atomic E-state index is 0.200. The number of carbonyl (C=O) groups excluding carboxylic acids is 2. The zero-order valence-electron chi connectivity index (χ0n) is 14.5. The molecular weight excluding hydrogens is 412 g/mol. The van der Waals surface area contributed by atoms with E-state index in [9.17, 15) is 9.59 Å². The maximum atomic E-state index is 12.2. The largest absolute Gasteiger partial charge is 0.484 e. The molecule has 0 aliphatic rings. The van der Waals surface area contributed by atoms with Gasteiger partial charge in [-0.25, -0.2) is 4.68 Å². The van der Waals surface area contributed by atoms with Gasteiger partial charge in [0.25, 0.3) is 11.8 Å². The molecule has 2 amide bonds. The topological polar surface area (TPSA) is 85.2 Å². The van der Waals surface area contributed by atoms with E-state index in [-0.39, 0.29) is 12.3 Å². The van der Waals surface area contributed by atoms with Crippen molar-refractivity contribution in [1.29, 1.82) is 0 Å². The molecule has 3 aromatic rings. The van der Waals surface area contributed by atoms with Gasteiger partial charge in [-0.1, -0.05) is 34.1 Å². The maximum Gasteiger partial charge on any atom is 0.290 e. The van der Waals surface area contributed by atoms with Crippen LogP contribution in [-0.2, 0) is 4.79 Å². The highest BCUT2D eigenvalue weighted by molar-refractivity contribution is 9.10. The molecule has 1 aromatic heterocycles. The summed E-state index contributed by atoms with van der Waals surface area (Å²) in [5.41, 5.74) is 6.49. The standard InChI is InChI=1S/C19H17BrN4O3/c1-13-11-17(23-24(13)15-5-3-2-4-6-15)19(26)22-21-18(25)12-27-16-9-7-14(20)8-10-16/h2-11H,12H2,1H3,(H,21,25)(H,22,26). The first-order valence-electron chi connectivity index (χ1n) is 8.12. The number of carbonyl (C=O) groups is 2. The quantitative estimate of drug-likeness (QED) is 0.611. The summed E-state index contributed by atoms with van der Waals surface area (Å²) >= 11 is 3.32. The fourth-order valence-corrected chi connectivity index (χ4v) is 2.59. The van der Waals surface area contributed by atoms with Crippen LogP contribution in [0.1, 0.15) is 16.2 Å². The van der Waals surface area contributed by atoms with Crippen LogP contribution < -0.4 is 15.6 Å². The number of halogens is 1. The minimum Gasteiger partial charge on any atom is -0.484 e. The molecule has 1 heterocycles. The molecule has 2 aromatic carbocycles. The summed E-state index contributed by atoms with van der Waals surface area (Å²) in [6, 6.07) is 18.2. The molecule has 138 valence electrons. The Labute approximate surface area is 164 Å². The van der Waals surface area contributed by atoms with E-state index in [0.29, 0.717) is 5.75 Å². The molecule has 8 heteroatoms. The predicted octanol–water partition coefficient (Wildman–Crippen LogP) is 2.78. The molecule has 0 bridgehead atoms. The second kappa shape index (κ2) is 8.50. The van der Waals surface area contributed by atoms with E-state index in [2.05, 4.69) is 31.9 Å². The van der Waals surface area contributed by atoms with E-state index in [4.69, 9.17) is 4.74 Å². The van der Waals surface area contributed by atoms with Gasteiger partial charge in [0.05, 0.1) is 5.69 Å². The summed E-state index contributed by atoms with van der Waals surface area (Å²) in [4.78, 5) is 24.0. The number of ether oxygens (including phenoxy) is 1. The number of para-hydroxylation sites is 1. The number of benzene rings is 2. The molecule has 0 unspecified atom stereocenters. The normalized spacial score (nSPS) is 10.3. The van der Waals surface area contributed by atoms with Crippen LogP contribution in [0.15, 0.2) is 65.1 Å². The van der Waals surface area contributed by atoms with Gasteiger partial charge in [0.1, 0.15) is 5.75 Å². The van der Waals surface area contributed by atoms with Crippen LogP contribution in [0, 0.1) is 6.92 Å². The number of rotatable bonds is 5. The third kappa shape index (κ3) is 4.95. The molecule has 2 N–H and O–H groups in total. The highest BCUT2D eigenvalue weighted by Crippen LogP contribution is 2.16. The van der Waals surface area contributed by atoms with Crippen LogP contribution in [0.4, 0.5) is 0 Å². The van der Waals surface area contributed by atoms with E-state index in [1.54, 1.807) is 35.0 Å². The Morgan fingerprint density at radius 2 is 1.78 bits per heavy atom. The Balaban J connectivity index is 1.53. The Hall–Kier alpha value is -3.13. The summed E-state index contributed by atoms with van der Waals surface area (Å²) in [5, 5.41) is 4.28. The number of hydrazine groups is 1. The molecule has 0 saturated carbocycles. The highest BCUT2D eigenvalue weighted by Gasteiger charge is 2.14. The lowest BCUT2D eigenvalue weighted by molar-refractivity contribution is -0.123. The van der Waals surface area contributed by atoms with Crippen LogP contribution in [0.3, 0.4) is 0 Å².